The van der Waals surface area contributed by atoms with E-state index in [1.54, 1.807) is 12.3 Å². The second-order valence-electron chi connectivity index (χ2n) is 2.95. The van der Waals surface area contributed by atoms with Crippen molar-refractivity contribution >= 4 is 28.9 Å². The molecule has 17 heavy (non-hydrogen) atoms. The van der Waals surface area contributed by atoms with Crippen LogP contribution in [0.1, 0.15) is 24.2 Å². The molecule has 0 aliphatic heterocycles. The normalized spacial score (nSPS) is 9.35. The van der Waals surface area contributed by atoms with Gasteiger partial charge in [-0.05, 0) is 12.1 Å². The predicted molar refractivity (Wildman–Crippen MR) is 72.0 cm³/mol. The molecule has 0 unspecified atom stereocenters. The van der Waals surface area contributed by atoms with E-state index in [2.05, 4.69) is 4.98 Å². The lowest BCUT2D eigenvalue weighted by molar-refractivity contribution is 0.0769. The molecule has 3 nitrogen and oxygen atoms in total. The minimum atomic E-state index is -0.360. The first kappa shape index (κ1) is 13.5. The lowest BCUT2D eigenvalue weighted by Crippen LogP contribution is -2.00. The van der Waals surface area contributed by atoms with E-state index in [0.717, 1.165) is 22.9 Å². The van der Waals surface area contributed by atoms with E-state index in [1.807, 2.05) is 38.1 Å². The summed E-state index contributed by atoms with van der Waals surface area (Å²) in [5.41, 5.74) is 1.35. The van der Waals surface area contributed by atoms with Gasteiger partial charge in [-0.3, -0.25) is 4.98 Å². The standard InChI is InChI=1S/C11H9NO2S.C2H6/c1-15-14-11(13)9-6-8-4-2-3-5-10(8)12-7-9;1-2/h2-7H,1H3;1-2H3. The average molecular weight is 249 g/mol. The molecule has 0 atom stereocenters. The number of benzene rings is 1. The molecular formula is C13H15NO2S. The van der Waals surface area contributed by atoms with E-state index in [1.165, 1.54) is 6.20 Å². The minimum Gasteiger partial charge on any atom is -0.388 e. The van der Waals surface area contributed by atoms with Gasteiger partial charge in [-0.1, -0.05) is 32.0 Å². The highest BCUT2D eigenvalue weighted by molar-refractivity contribution is 7.94. The molecule has 4 heteroatoms. The smallest absolute Gasteiger partial charge is 0.351 e. The van der Waals surface area contributed by atoms with Crippen LogP contribution in [-0.2, 0) is 4.18 Å². The zero-order valence-corrected chi connectivity index (χ0v) is 11.0. The Bertz CT molecular complexity index is 499. The van der Waals surface area contributed by atoms with Crippen LogP contribution in [0.25, 0.3) is 10.9 Å². The average Bonchev–Trinajstić information content (AvgIpc) is 2.41. The molecule has 0 N–H and O–H groups in total. The Kier molecular flexibility index (Phi) is 5.49. The van der Waals surface area contributed by atoms with Crippen molar-refractivity contribution in [3.63, 3.8) is 0 Å². The highest BCUT2D eigenvalue weighted by atomic mass is 32.2. The van der Waals surface area contributed by atoms with Crippen LogP contribution in [0.5, 0.6) is 0 Å². The number of pyridine rings is 1. The third kappa shape index (κ3) is 3.46. The highest BCUT2D eigenvalue weighted by Crippen LogP contribution is 2.14. The van der Waals surface area contributed by atoms with Gasteiger partial charge in [0.1, 0.15) is 0 Å². The van der Waals surface area contributed by atoms with Gasteiger partial charge in [0, 0.05) is 17.8 Å². The van der Waals surface area contributed by atoms with E-state index < -0.39 is 0 Å². The summed E-state index contributed by atoms with van der Waals surface area (Å²) in [6.07, 6.45) is 3.23. The fraction of sp³-hybridized carbons (Fsp3) is 0.231. The van der Waals surface area contributed by atoms with Gasteiger partial charge < -0.3 is 4.18 Å². The first-order valence-corrected chi connectivity index (χ1v) is 6.56. The molecule has 0 saturated carbocycles. The topological polar surface area (TPSA) is 39.2 Å². The monoisotopic (exact) mass is 249 g/mol. The second-order valence-corrected chi connectivity index (χ2v) is 3.45. The summed E-state index contributed by atoms with van der Waals surface area (Å²) in [7, 11) is 0. The Balaban J connectivity index is 0.000000686. The Morgan fingerprint density at radius 2 is 2.00 bits per heavy atom. The fourth-order valence-electron chi connectivity index (χ4n) is 1.31. The summed E-state index contributed by atoms with van der Waals surface area (Å²) in [6.45, 7) is 4.00. The number of carbonyl (C=O) groups is 1. The molecule has 0 fully saturated rings. The van der Waals surface area contributed by atoms with Crippen LogP contribution >= 0.6 is 12.0 Å². The maximum absolute atomic E-state index is 11.4. The molecule has 0 radical (unpaired) electrons. The van der Waals surface area contributed by atoms with Gasteiger partial charge in [0.15, 0.2) is 0 Å². The number of aromatic nitrogens is 1. The molecule has 0 saturated heterocycles. The van der Waals surface area contributed by atoms with Crippen molar-refractivity contribution in [3.8, 4) is 0 Å². The molecule has 90 valence electrons. The molecule has 0 bridgehead atoms. The summed E-state index contributed by atoms with van der Waals surface area (Å²) in [6, 6.07) is 9.42. The van der Waals surface area contributed by atoms with Gasteiger partial charge in [0.05, 0.1) is 23.1 Å². The van der Waals surface area contributed by atoms with Crippen LogP contribution < -0.4 is 0 Å². The molecule has 2 aromatic rings. The summed E-state index contributed by atoms with van der Waals surface area (Å²) in [5.74, 6) is -0.360. The lowest BCUT2D eigenvalue weighted by atomic mass is 10.2. The Labute approximate surface area is 105 Å². The number of para-hydroxylation sites is 1. The molecule has 1 aromatic carbocycles. The van der Waals surface area contributed by atoms with E-state index in [4.69, 9.17) is 4.18 Å². The molecule has 0 spiro atoms. The van der Waals surface area contributed by atoms with Crippen LogP contribution in [0.4, 0.5) is 0 Å². The van der Waals surface area contributed by atoms with Crippen molar-refractivity contribution in [2.24, 2.45) is 0 Å². The van der Waals surface area contributed by atoms with Gasteiger partial charge in [-0.15, -0.1) is 0 Å². The van der Waals surface area contributed by atoms with E-state index in [-0.39, 0.29) is 5.97 Å². The van der Waals surface area contributed by atoms with Gasteiger partial charge in [0.25, 0.3) is 0 Å². The number of rotatable bonds is 2. The molecular weight excluding hydrogens is 234 g/mol. The van der Waals surface area contributed by atoms with Crippen LogP contribution in [0.15, 0.2) is 36.5 Å². The maximum Gasteiger partial charge on any atom is 0.351 e. The third-order valence-electron chi connectivity index (χ3n) is 1.99. The Morgan fingerprint density at radius 1 is 1.29 bits per heavy atom. The summed E-state index contributed by atoms with van der Waals surface area (Å²) >= 11 is 1.03. The second kappa shape index (κ2) is 6.91. The molecule has 0 amide bonds. The molecule has 2 rings (SSSR count). The number of fused-ring (bicyclic) bond motifs is 1. The van der Waals surface area contributed by atoms with Crippen molar-refractivity contribution in [2.45, 2.75) is 13.8 Å². The van der Waals surface area contributed by atoms with E-state index in [9.17, 15) is 4.79 Å². The van der Waals surface area contributed by atoms with Gasteiger partial charge >= 0.3 is 5.97 Å². The quantitative estimate of drug-likeness (QED) is 0.761. The molecule has 1 heterocycles. The minimum absolute atomic E-state index is 0.360. The third-order valence-corrected chi connectivity index (χ3v) is 2.30. The first-order valence-electron chi connectivity index (χ1n) is 5.41. The van der Waals surface area contributed by atoms with Crippen molar-refractivity contribution in [1.29, 1.82) is 0 Å². The van der Waals surface area contributed by atoms with E-state index >= 15 is 0 Å². The van der Waals surface area contributed by atoms with Crippen molar-refractivity contribution in [3.05, 3.63) is 42.1 Å². The van der Waals surface area contributed by atoms with Crippen molar-refractivity contribution in [1.82, 2.24) is 4.98 Å². The summed E-state index contributed by atoms with van der Waals surface area (Å²) in [5, 5.41) is 0.938. The zero-order chi connectivity index (χ0) is 12.7. The number of hydrogen-bond acceptors (Lipinski definition) is 4. The summed E-state index contributed by atoms with van der Waals surface area (Å²) in [4.78, 5) is 15.6. The zero-order valence-electron chi connectivity index (χ0n) is 10.1. The number of carbonyl (C=O) groups excluding carboxylic acids is 1. The van der Waals surface area contributed by atoms with Gasteiger partial charge in [0.2, 0.25) is 0 Å². The van der Waals surface area contributed by atoms with Crippen LogP contribution in [0.3, 0.4) is 0 Å². The predicted octanol–water partition coefficient (Wildman–Crippen LogP) is 3.70. The number of hydrogen-bond donors (Lipinski definition) is 0. The van der Waals surface area contributed by atoms with Crippen LogP contribution in [0, 0.1) is 0 Å². The molecule has 1 aromatic heterocycles. The van der Waals surface area contributed by atoms with Crippen molar-refractivity contribution < 1.29 is 8.98 Å². The lowest BCUT2D eigenvalue weighted by Gasteiger charge is -2.01. The first-order chi connectivity index (χ1) is 8.31. The SMILES string of the molecule is CC.CSOC(=O)c1cnc2ccccc2c1. The fourth-order valence-corrected chi connectivity index (χ4v) is 1.55. The number of nitrogens with zero attached hydrogens (tertiary/aromatic N) is 1. The Morgan fingerprint density at radius 3 is 2.71 bits per heavy atom. The van der Waals surface area contributed by atoms with Crippen LogP contribution in [0.2, 0.25) is 0 Å². The largest absolute Gasteiger partial charge is 0.388 e. The van der Waals surface area contributed by atoms with E-state index in [0.29, 0.717) is 5.56 Å². The van der Waals surface area contributed by atoms with Gasteiger partial charge in [-0.2, -0.15) is 0 Å². The van der Waals surface area contributed by atoms with Crippen molar-refractivity contribution in [2.75, 3.05) is 6.26 Å². The molecule has 0 aliphatic carbocycles. The van der Waals surface area contributed by atoms with Gasteiger partial charge in [-0.25, -0.2) is 4.79 Å². The highest BCUT2D eigenvalue weighted by Gasteiger charge is 2.07. The molecule has 0 aliphatic rings. The Hall–Kier alpha value is -1.55. The maximum atomic E-state index is 11.4. The van der Waals surface area contributed by atoms with Crippen LogP contribution in [-0.4, -0.2) is 17.2 Å². The summed E-state index contributed by atoms with van der Waals surface area (Å²) < 4.78 is 4.81.